The number of hydrogen-bond acceptors (Lipinski definition) is 6. The molecule has 1 amide bonds. The highest BCUT2D eigenvalue weighted by molar-refractivity contribution is 7.12. The molecule has 1 aromatic carbocycles. The molecule has 0 unspecified atom stereocenters. The fraction of sp³-hybridized carbons (Fsp3) is 0.235. The van der Waals surface area contributed by atoms with Crippen molar-refractivity contribution in [2.45, 2.75) is 13.0 Å². The van der Waals surface area contributed by atoms with Crippen molar-refractivity contribution in [3.8, 4) is 5.75 Å². The molecule has 2 heterocycles. The number of likely N-dealkylation sites (N-methyl/N-ethyl adjacent to an activating group) is 1. The standard InChI is InChI=1S/C17H17N3O3S/c1-20(17(21)14-8-5-11-24-14)10-9-15-18-16(23-19-15)12-22-13-6-3-2-4-7-13/h2-8,11H,9-10,12H2,1H3. The molecule has 0 aliphatic heterocycles. The molecule has 3 rings (SSSR count). The second-order valence-corrected chi connectivity index (χ2v) is 6.11. The lowest BCUT2D eigenvalue weighted by molar-refractivity contribution is 0.0800. The molecule has 24 heavy (non-hydrogen) atoms. The lowest BCUT2D eigenvalue weighted by atomic mass is 10.3. The molecule has 0 aliphatic rings. The number of benzene rings is 1. The summed E-state index contributed by atoms with van der Waals surface area (Å²) in [5.74, 6) is 1.73. The van der Waals surface area contributed by atoms with Crippen LogP contribution < -0.4 is 4.74 Å². The van der Waals surface area contributed by atoms with E-state index in [1.165, 1.54) is 11.3 Å². The Morgan fingerprint density at radius 3 is 2.83 bits per heavy atom. The number of amides is 1. The largest absolute Gasteiger partial charge is 0.484 e. The molecule has 2 aromatic heterocycles. The first-order valence-electron chi connectivity index (χ1n) is 7.50. The van der Waals surface area contributed by atoms with Gasteiger partial charge < -0.3 is 14.2 Å². The highest BCUT2D eigenvalue weighted by Crippen LogP contribution is 2.12. The van der Waals surface area contributed by atoms with E-state index in [1.54, 1.807) is 11.9 Å². The summed E-state index contributed by atoms with van der Waals surface area (Å²) in [6.45, 7) is 0.746. The second-order valence-electron chi connectivity index (χ2n) is 5.16. The Kier molecular flexibility index (Phi) is 5.22. The van der Waals surface area contributed by atoms with Crippen LogP contribution in [0.15, 0.2) is 52.4 Å². The van der Waals surface area contributed by atoms with Crippen LogP contribution in [0.5, 0.6) is 5.75 Å². The summed E-state index contributed by atoms with van der Waals surface area (Å²) in [4.78, 5) is 18.8. The van der Waals surface area contributed by atoms with E-state index < -0.39 is 0 Å². The van der Waals surface area contributed by atoms with Gasteiger partial charge in [-0.15, -0.1) is 11.3 Å². The van der Waals surface area contributed by atoms with Gasteiger partial charge >= 0.3 is 0 Å². The number of para-hydroxylation sites is 1. The van der Waals surface area contributed by atoms with E-state index in [4.69, 9.17) is 9.26 Å². The van der Waals surface area contributed by atoms with E-state index in [9.17, 15) is 4.79 Å². The van der Waals surface area contributed by atoms with E-state index in [-0.39, 0.29) is 12.5 Å². The maximum Gasteiger partial charge on any atom is 0.264 e. The smallest absolute Gasteiger partial charge is 0.264 e. The molecule has 0 spiro atoms. The summed E-state index contributed by atoms with van der Waals surface area (Å²) in [6, 6.07) is 13.1. The van der Waals surface area contributed by atoms with Gasteiger partial charge in [0.2, 0.25) is 0 Å². The topological polar surface area (TPSA) is 68.5 Å². The van der Waals surface area contributed by atoms with Gasteiger partial charge in [-0.3, -0.25) is 4.79 Å². The Balaban J connectivity index is 1.48. The molecule has 0 atom stereocenters. The van der Waals surface area contributed by atoms with Crippen LogP contribution in [0.3, 0.4) is 0 Å². The highest BCUT2D eigenvalue weighted by atomic mass is 32.1. The van der Waals surface area contributed by atoms with Crippen molar-refractivity contribution in [3.05, 3.63) is 64.4 Å². The maximum atomic E-state index is 12.1. The molecular formula is C17H17N3O3S. The molecular weight excluding hydrogens is 326 g/mol. The molecule has 0 saturated carbocycles. The summed E-state index contributed by atoms with van der Waals surface area (Å²) in [6.07, 6.45) is 0.530. The number of rotatable bonds is 7. The summed E-state index contributed by atoms with van der Waals surface area (Å²) in [5, 5.41) is 5.81. The number of carbonyl (C=O) groups is 1. The number of nitrogens with zero attached hydrogens (tertiary/aromatic N) is 3. The zero-order valence-corrected chi connectivity index (χ0v) is 14.0. The first-order chi connectivity index (χ1) is 11.7. The van der Waals surface area contributed by atoms with Crippen LogP contribution in [0, 0.1) is 0 Å². The Labute approximate surface area is 143 Å². The Hall–Kier alpha value is -2.67. The molecule has 0 aliphatic carbocycles. The van der Waals surface area contributed by atoms with Crippen molar-refractivity contribution in [2.75, 3.05) is 13.6 Å². The molecule has 3 aromatic rings. The average molecular weight is 343 g/mol. The van der Waals surface area contributed by atoms with Crippen molar-refractivity contribution in [3.63, 3.8) is 0 Å². The molecule has 6 nitrogen and oxygen atoms in total. The molecule has 0 N–H and O–H groups in total. The van der Waals surface area contributed by atoms with E-state index in [0.29, 0.717) is 24.7 Å². The highest BCUT2D eigenvalue weighted by Gasteiger charge is 2.14. The zero-order chi connectivity index (χ0) is 16.8. The van der Waals surface area contributed by atoms with Crippen LogP contribution in [0.1, 0.15) is 21.4 Å². The predicted molar refractivity (Wildman–Crippen MR) is 90.1 cm³/mol. The normalized spacial score (nSPS) is 10.5. The summed E-state index contributed by atoms with van der Waals surface area (Å²) in [5.41, 5.74) is 0. The fourth-order valence-electron chi connectivity index (χ4n) is 2.07. The average Bonchev–Trinajstić information content (AvgIpc) is 3.30. The van der Waals surface area contributed by atoms with Gasteiger partial charge in [0.15, 0.2) is 12.4 Å². The third-order valence-corrected chi connectivity index (χ3v) is 4.22. The van der Waals surface area contributed by atoms with Crippen LogP contribution in [-0.4, -0.2) is 34.5 Å². The van der Waals surface area contributed by atoms with Gasteiger partial charge in [0.25, 0.3) is 11.8 Å². The fourth-order valence-corrected chi connectivity index (χ4v) is 2.79. The van der Waals surface area contributed by atoms with Crippen LogP contribution in [-0.2, 0) is 13.0 Å². The van der Waals surface area contributed by atoms with Gasteiger partial charge in [-0.2, -0.15) is 4.98 Å². The summed E-state index contributed by atoms with van der Waals surface area (Å²) >= 11 is 1.43. The lowest BCUT2D eigenvalue weighted by Gasteiger charge is -2.14. The van der Waals surface area contributed by atoms with E-state index in [0.717, 1.165) is 10.6 Å². The van der Waals surface area contributed by atoms with Crippen LogP contribution in [0.4, 0.5) is 0 Å². The first-order valence-corrected chi connectivity index (χ1v) is 8.38. The Morgan fingerprint density at radius 2 is 2.08 bits per heavy atom. The quantitative estimate of drug-likeness (QED) is 0.659. The molecule has 124 valence electrons. The van der Waals surface area contributed by atoms with E-state index in [2.05, 4.69) is 10.1 Å². The lowest BCUT2D eigenvalue weighted by Crippen LogP contribution is -2.28. The minimum atomic E-state index is 0.00105. The van der Waals surface area contributed by atoms with Crippen molar-refractivity contribution in [1.29, 1.82) is 0 Å². The number of thiophene rings is 1. The molecule has 0 fully saturated rings. The second kappa shape index (κ2) is 7.74. The summed E-state index contributed by atoms with van der Waals surface area (Å²) < 4.78 is 10.7. The van der Waals surface area contributed by atoms with Crippen molar-refractivity contribution >= 4 is 17.2 Å². The van der Waals surface area contributed by atoms with Gasteiger partial charge in [0.05, 0.1) is 4.88 Å². The van der Waals surface area contributed by atoms with Crippen molar-refractivity contribution < 1.29 is 14.1 Å². The van der Waals surface area contributed by atoms with Crippen molar-refractivity contribution in [1.82, 2.24) is 15.0 Å². The molecule has 0 saturated heterocycles. The number of hydrogen-bond donors (Lipinski definition) is 0. The van der Waals surface area contributed by atoms with Crippen molar-refractivity contribution in [2.24, 2.45) is 0 Å². The van der Waals surface area contributed by atoms with Gasteiger partial charge in [-0.1, -0.05) is 29.4 Å². The van der Waals surface area contributed by atoms with E-state index in [1.807, 2.05) is 47.8 Å². The maximum absolute atomic E-state index is 12.1. The Morgan fingerprint density at radius 1 is 1.25 bits per heavy atom. The van der Waals surface area contributed by atoms with Crippen LogP contribution in [0.2, 0.25) is 0 Å². The first kappa shape index (κ1) is 16.2. The minimum absolute atomic E-state index is 0.00105. The van der Waals surface area contributed by atoms with Gasteiger partial charge in [0, 0.05) is 20.0 Å². The molecule has 0 radical (unpaired) electrons. The third kappa shape index (κ3) is 4.20. The molecule has 7 heteroatoms. The Bertz CT molecular complexity index is 772. The van der Waals surface area contributed by atoms with Gasteiger partial charge in [-0.05, 0) is 23.6 Å². The van der Waals surface area contributed by atoms with Gasteiger partial charge in [0.1, 0.15) is 5.75 Å². The number of carbonyl (C=O) groups excluding carboxylic acids is 1. The predicted octanol–water partition coefficient (Wildman–Crippen LogP) is 3.02. The minimum Gasteiger partial charge on any atom is -0.484 e. The van der Waals surface area contributed by atoms with Gasteiger partial charge in [-0.25, -0.2) is 0 Å². The monoisotopic (exact) mass is 343 g/mol. The van der Waals surface area contributed by atoms with Crippen LogP contribution in [0.25, 0.3) is 0 Å². The van der Waals surface area contributed by atoms with E-state index >= 15 is 0 Å². The SMILES string of the molecule is CN(CCc1noc(COc2ccccc2)n1)C(=O)c1cccs1. The van der Waals surface area contributed by atoms with Crippen LogP contribution >= 0.6 is 11.3 Å². The zero-order valence-electron chi connectivity index (χ0n) is 13.2. The number of aromatic nitrogens is 2. The summed E-state index contributed by atoms with van der Waals surface area (Å²) in [7, 11) is 1.77. The molecule has 0 bridgehead atoms. The number of ether oxygens (including phenoxy) is 1. The third-order valence-electron chi connectivity index (χ3n) is 3.37.